The zero-order valence-corrected chi connectivity index (χ0v) is 17.7. The molecule has 1 aromatic carbocycles. The summed E-state index contributed by atoms with van der Waals surface area (Å²) in [6.45, 7) is 4.69. The van der Waals surface area contributed by atoms with Crippen molar-refractivity contribution >= 4 is 5.91 Å². The Hall–Kier alpha value is -3.29. The average Bonchev–Trinajstić information content (AvgIpc) is 3.21. The molecule has 31 heavy (non-hydrogen) atoms. The quantitative estimate of drug-likeness (QED) is 0.629. The first-order valence-corrected chi connectivity index (χ1v) is 10.4. The van der Waals surface area contributed by atoms with Crippen LogP contribution in [0.2, 0.25) is 0 Å². The Kier molecular flexibility index (Phi) is 5.97. The molecule has 0 spiro atoms. The minimum absolute atomic E-state index is 0.00799. The van der Waals surface area contributed by atoms with E-state index in [2.05, 4.69) is 9.97 Å². The lowest BCUT2D eigenvalue weighted by Crippen LogP contribution is -2.42. The summed E-state index contributed by atoms with van der Waals surface area (Å²) < 4.78 is 20.4. The van der Waals surface area contributed by atoms with Crippen molar-refractivity contribution in [1.82, 2.24) is 19.4 Å². The molecule has 0 saturated carbocycles. The summed E-state index contributed by atoms with van der Waals surface area (Å²) in [5.74, 6) is 0.943. The lowest BCUT2D eigenvalue weighted by molar-refractivity contribution is -0.133. The van der Waals surface area contributed by atoms with E-state index in [1.165, 1.54) is 16.7 Å². The first kappa shape index (κ1) is 21.0. The van der Waals surface area contributed by atoms with Crippen LogP contribution in [0.4, 0.5) is 4.39 Å². The minimum atomic E-state index is -0.405. The van der Waals surface area contributed by atoms with Crippen LogP contribution in [0, 0.1) is 19.7 Å². The number of piperidine rings is 1. The van der Waals surface area contributed by atoms with Gasteiger partial charge in [-0.25, -0.2) is 14.2 Å². The predicted octanol–water partition coefficient (Wildman–Crippen LogP) is 2.98. The van der Waals surface area contributed by atoms with Gasteiger partial charge in [0.2, 0.25) is 5.91 Å². The molecule has 1 saturated heterocycles. The van der Waals surface area contributed by atoms with Crippen LogP contribution in [0.25, 0.3) is 0 Å². The highest BCUT2D eigenvalue weighted by molar-refractivity contribution is 5.76. The number of oxazole rings is 1. The molecule has 7 nitrogen and oxygen atoms in total. The van der Waals surface area contributed by atoms with Crippen molar-refractivity contribution < 1.29 is 13.6 Å². The standard InChI is InChI=1S/C23H25FN4O3/c1-15-10-16(2)28(23(30)26-15)14-21(29)27-9-3-4-18(13-27)22-25-12-20(31-22)11-17-5-7-19(24)8-6-17/h5-8,10,12,18H,3-4,9,11,13-14H2,1-2H3/t18-/m0/s1. The number of carbonyl (C=O) groups is 1. The van der Waals surface area contributed by atoms with Gasteiger partial charge >= 0.3 is 5.69 Å². The molecule has 8 heteroatoms. The molecule has 0 unspecified atom stereocenters. The van der Waals surface area contributed by atoms with Gasteiger partial charge in [0.25, 0.3) is 0 Å². The number of likely N-dealkylation sites (tertiary alicyclic amines) is 1. The lowest BCUT2D eigenvalue weighted by atomic mass is 9.98. The van der Waals surface area contributed by atoms with Crippen molar-refractivity contribution in [3.63, 3.8) is 0 Å². The molecule has 0 radical (unpaired) electrons. The van der Waals surface area contributed by atoms with Crippen LogP contribution in [0.3, 0.4) is 0 Å². The molecule has 1 aliphatic heterocycles. The third-order valence-electron chi connectivity index (χ3n) is 5.63. The highest BCUT2D eigenvalue weighted by Crippen LogP contribution is 2.27. The SMILES string of the molecule is Cc1cc(C)n(CC(=O)N2CCC[C@H](c3ncc(Cc4ccc(F)cc4)o3)C2)c(=O)n1. The maximum absolute atomic E-state index is 13.1. The van der Waals surface area contributed by atoms with Crippen molar-refractivity contribution in [3.05, 3.63) is 81.4 Å². The van der Waals surface area contributed by atoms with E-state index in [0.29, 0.717) is 36.9 Å². The summed E-state index contributed by atoms with van der Waals surface area (Å²) in [5.41, 5.74) is 1.90. The highest BCUT2D eigenvalue weighted by atomic mass is 19.1. The summed E-state index contributed by atoms with van der Waals surface area (Å²) in [6.07, 6.45) is 3.95. The second kappa shape index (κ2) is 8.83. The zero-order valence-electron chi connectivity index (χ0n) is 17.7. The molecule has 3 heterocycles. The maximum Gasteiger partial charge on any atom is 0.348 e. The maximum atomic E-state index is 13.1. The average molecular weight is 424 g/mol. The summed E-state index contributed by atoms with van der Waals surface area (Å²) in [4.78, 5) is 35.2. The van der Waals surface area contributed by atoms with Gasteiger partial charge < -0.3 is 9.32 Å². The Morgan fingerprint density at radius 2 is 2.03 bits per heavy atom. The van der Waals surface area contributed by atoms with Crippen molar-refractivity contribution in [1.29, 1.82) is 0 Å². The van der Waals surface area contributed by atoms with Gasteiger partial charge in [0.05, 0.1) is 12.1 Å². The van der Waals surface area contributed by atoms with Crippen LogP contribution in [0.15, 0.2) is 45.7 Å². The molecule has 1 atom stereocenters. The zero-order chi connectivity index (χ0) is 22.0. The van der Waals surface area contributed by atoms with E-state index in [1.807, 2.05) is 0 Å². The molecule has 1 fully saturated rings. The summed E-state index contributed by atoms with van der Waals surface area (Å²) in [6, 6.07) is 8.09. The predicted molar refractivity (Wildman–Crippen MR) is 112 cm³/mol. The first-order valence-electron chi connectivity index (χ1n) is 10.4. The molecule has 162 valence electrons. The van der Waals surface area contributed by atoms with E-state index in [-0.39, 0.29) is 24.2 Å². The van der Waals surface area contributed by atoms with Gasteiger partial charge in [-0.15, -0.1) is 0 Å². The molecule has 3 aromatic rings. The van der Waals surface area contributed by atoms with Gasteiger partial charge in [0, 0.05) is 30.9 Å². The molecule has 1 aliphatic rings. The number of hydrogen-bond donors (Lipinski definition) is 0. The van der Waals surface area contributed by atoms with Crippen molar-refractivity contribution in [2.75, 3.05) is 13.1 Å². The monoisotopic (exact) mass is 424 g/mol. The van der Waals surface area contributed by atoms with E-state index in [9.17, 15) is 14.0 Å². The second-order valence-corrected chi connectivity index (χ2v) is 8.05. The van der Waals surface area contributed by atoms with E-state index in [1.54, 1.807) is 43.1 Å². The molecule has 4 rings (SSSR count). The van der Waals surface area contributed by atoms with Crippen molar-refractivity contribution in [3.8, 4) is 0 Å². The first-order chi connectivity index (χ1) is 14.9. The number of halogens is 1. The molecular weight excluding hydrogens is 399 g/mol. The fourth-order valence-electron chi connectivity index (χ4n) is 4.00. The van der Waals surface area contributed by atoms with Gasteiger partial charge in [-0.2, -0.15) is 4.98 Å². The number of amides is 1. The number of nitrogens with zero attached hydrogens (tertiary/aromatic N) is 4. The summed E-state index contributed by atoms with van der Waals surface area (Å²) in [5, 5.41) is 0. The number of hydrogen-bond acceptors (Lipinski definition) is 5. The number of benzene rings is 1. The Morgan fingerprint density at radius 1 is 1.26 bits per heavy atom. The Labute approximate surface area is 179 Å². The molecule has 0 aliphatic carbocycles. The van der Waals surface area contributed by atoms with Crippen LogP contribution < -0.4 is 5.69 Å². The van der Waals surface area contributed by atoms with Crippen molar-refractivity contribution in [2.45, 2.75) is 45.6 Å². The smallest absolute Gasteiger partial charge is 0.348 e. The highest BCUT2D eigenvalue weighted by Gasteiger charge is 2.28. The third-order valence-corrected chi connectivity index (χ3v) is 5.63. The van der Waals surface area contributed by atoms with E-state index >= 15 is 0 Å². The third kappa shape index (κ3) is 4.90. The molecule has 0 N–H and O–H groups in total. The molecular formula is C23H25FN4O3. The minimum Gasteiger partial charge on any atom is -0.445 e. The lowest BCUT2D eigenvalue weighted by Gasteiger charge is -2.31. The van der Waals surface area contributed by atoms with Crippen LogP contribution in [-0.4, -0.2) is 38.4 Å². The van der Waals surface area contributed by atoms with Gasteiger partial charge in [0.1, 0.15) is 18.1 Å². The van der Waals surface area contributed by atoms with Gasteiger partial charge in [-0.3, -0.25) is 9.36 Å². The number of rotatable bonds is 5. The fourth-order valence-corrected chi connectivity index (χ4v) is 4.00. The topological polar surface area (TPSA) is 81.2 Å². The number of aromatic nitrogens is 3. The number of carbonyl (C=O) groups excluding carboxylic acids is 1. The summed E-state index contributed by atoms with van der Waals surface area (Å²) >= 11 is 0. The van der Waals surface area contributed by atoms with Gasteiger partial charge in [-0.1, -0.05) is 12.1 Å². The Morgan fingerprint density at radius 3 is 2.77 bits per heavy atom. The van der Waals surface area contributed by atoms with E-state index in [4.69, 9.17) is 4.42 Å². The van der Waals surface area contributed by atoms with Crippen LogP contribution in [0.5, 0.6) is 0 Å². The van der Waals surface area contributed by atoms with Crippen LogP contribution in [-0.2, 0) is 17.8 Å². The normalized spacial score (nSPS) is 16.5. The van der Waals surface area contributed by atoms with E-state index in [0.717, 1.165) is 24.1 Å². The second-order valence-electron chi connectivity index (χ2n) is 8.05. The largest absolute Gasteiger partial charge is 0.445 e. The van der Waals surface area contributed by atoms with Crippen LogP contribution >= 0.6 is 0 Å². The fraction of sp³-hybridized carbons (Fsp3) is 0.391. The van der Waals surface area contributed by atoms with Gasteiger partial charge in [-0.05, 0) is 50.5 Å². The molecule has 0 bridgehead atoms. The van der Waals surface area contributed by atoms with Gasteiger partial charge in [0.15, 0.2) is 5.89 Å². The van der Waals surface area contributed by atoms with E-state index < -0.39 is 5.69 Å². The molecule has 2 aromatic heterocycles. The Balaban J connectivity index is 1.42. The van der Waals surface area contributed by atoms with Crippen molar-refractivity contribution in [2.24, 2.45) is 0 Å². The Bertz CT molecular complexity index is 1140. The number of aryl methyl sites for hydroxylation is 2. The van der Waals surface area contributed by atoms with Crippen LogP contribution in [0.1, 0.15) is 47.4 Å². The molecule has 1 amide bonds. The summed E-state index contributed by atoms with van der Waals surface area (Å²) in [7, 11) is 0.